The maximum absolute atomic E-state index is 2.41. The molecule has 0 aliphatic carbocycles. The second-order valence-corrected chi connectivity index (χ2v) is 8.69. The fourth-order valence-electron chi connectivity index (χ4n) is 5.20. The zero-order valence-corrected chi connectivity index (χ0v) is 18.6. The first-order valence-electron chi connectivity index (χ1n) is 11.6. The van der Waals surface area contributed by atoms with Gasteiger partial charge in [-0.3, -0.25) is 0 Å². The standard InChI is InChI=1S/C32H22N2/c1-3-10-23(11-4-1)25-12-9-15-27(22-25)33-21-20-24-18-19-29-28-16-7-8-17-30(28)34(32(29)31(24)33)26-13-5-2-6-14-26/h1-22H. The average Bonchev–Trinajstić information content (AvgIpc) is 3.49. The van der Waals surface area contributed by atoms with Gasteiger partial charge >= 0.3 is 0 Å². The second kappa shape index (κ2) is 7.50. The minimum atomic E-state index is 1.16. The van der Waals surface area contributed by atoms with Crippen LogP contribution in [0.2, 0.25) is 0 Å². The number of rotatable bonds is 3. The topological polar surface area (TPSA) is 9.86 Å². The third-order valence-electron chi connectivity index (χ3n) is 6.73. The van der Waals surface area contributed by atoms with Crippen LogP contribution in [0.1, 0.15) is 0 Å². The van der Waals surface area contributed by atoms with Crippen molar-refractivity contribution in [2.24, 2.45) is 0 Å². The third kappa shape index (κ3) is 2.82. The van der Waals surface area contributed by atoms with Crippen LogP contribution in [0.3, 0.4) is 0 Å². The molecule has 0 spiro atoms. The first-order chi connectivity index (χ1) is 16.9. The van der Waals surface area contributed by atoms with E-state index >= 15 is 0 Å². The number of aromatic nitrogens is 2. The normalized spacial score (nSPS) is 11.5. The monoisotopic (exact) mass is 434 g/mol. The second-order valence-electron chi connectivity index (χ2n) is 8.69. The summed E-state index contributed by atoms with van der Waals surface area (Å²) in [6, 6.07) is 45.5. The van der Waals surface area contributed by atoms with Crippen LogP contribution in [0.5, 0.6) is 0 Å². The molecule has 2 aromatic heterocycles. The number of fused-ring (bicyclic) bond motifs is 5. The minimum absolute atomic E-state index is 1.16. The summed E-state index contributed by atoms with van der Waals surface area (Å²) in [4.78, 5) is 0. The van der Waals surface area contributed by atoms with Crippen LogP contribution in [-0.2, 0) is 0 Å². The Hall–Kier alpha value is -4.56. The van der Waals surface area contributed by atoms with Crippen molar-refractivity contribution in [2.45, 2.75) is 0 Å². The highest BCUT2D eigenvalue weighted by atomic mass is 15.0. The largest absolute Gasteiger partial charge is 0.315 e. The van der Waals surface area contributed by atoms with E-state index in [0.29, 0.717) is 0 Å². The molecule has 160 valence electrons. The summed E-state index contributed by atoms with van der Waals surface area (Å²) in [7, 11) is 0. The Balaban J connectivity index is 1.58. The first-order valence-corrected chi connectivity index (χ1v) is 11.6. The molecule has 0 amide bonds. The number of para-hydroxylation sites is 2. The summed E-state index contributed by atoms with van der Waals surface area (Å²) in [5.41, 5.74) is 8.46. The molecule has 5 aromatic carbocycles. The zero-order chi connectivity index (χ0) is 22.5. The van der Waals surface area contributed by atoms with Gasteiger partial charge in [0.05, 0.1) is 16.6 Å². The Labute approximate surface area is 197 Å². The maximum atomic E-state index is 2.41. The van der Waals surface area contributed by atoms with Gasteiger partial charge < -0.3 is 9.13 Å². The molecular weight excluding hydrogens is 412 g/mol. The SMILES string of the molecule is c1ccc(-c2cccc(-n3ccc4ccc5c6ccccc6n(-c6ccccc6)c5c43)c2)cc1. The van der Waals surface area contributed by atoms with Crippen LogP contribution in [0.25, 0.3) is 55.2 Å². The molecule has 0 fully saturated rings. The zero-order valence-electron chi connectivity index (χ0n) is 18.6. The van der Waals surface area contributed by atoms with Gasteiger partial charge in [-0.1, -0.05) is 91.0 Å². The molecule has 0 aliphatic rings. The highest BCUT2D eigenvalue weighted by Gasteiger charge is 2.17. The number of nitrogens with zero attached hydrogens (tertiary/aromatic N) is 2. The fourth-order valence-corrected chi connectivity index (χ4v) is 5.20. The molecule has 0 saturated carbocycles. The van der Waals surface area contributed by atoms with Crippen LogP contribution in [0.15, 0.2) is 134 Å². The predicted octanol–water partition coefficient (Wildman–Crippen LogP) is 8.39. The molecular formula is C32H22N2. The lowest BCUT2D eigenvalue weighted by Crippen LogP contribution is -1.98. The van der Waals surface area contributed by atoms with Crippen LogP contribution < -0.4 is 0 Å². The van der Waals surface area contributed by atoms with Crippen molar-refractivity contribution in [3.05, 3.63) is 134 Å². The van der Waals surface area contributed by atoms with E-state index in [1.165, 1.54) is 49.5 Å². The van der Waals surface area contributed by atoms with Gasteiger partial charge in [0.25, 0.3) is 0 Å². The lowest BCUT2D eigenvalue weighted by atomic mass is 10.1. The van der Waals surface area contributed by atoms with Gasteiger partial charge in [-0.25, -0.2) is 0 Å². The number of hydrogen-bond acceptors (Lipinski definition) is 0. The summed E-state index contributed by atoms with van der Waals surface area (Å²) < 4.78 is 4.74. The summed E-state index contributed by atoms with van der Waals surface area (Å²) >= 11 is 0. The Morgan fingerprint density at radius 3 is 2.00 bits per heavy atom. The highest BCUT2D eigenvalue weighted by molar-refractivity contribution is 6.18. The molecule has 2 heterocycles. The molecule has 0 bridgehead atoms. The van der Waals surface area contributed by atoms with Crippen LogP contribution >= 0.6 is 0 Å². The van der Waals surface area contributed by atoms with E-state index in [1.807, 2.05) is 0 Å². The van der Waals surface area contributed by atoms with Crippen molar-refractivity contribution in [3.63, 3.8) is 0 Å². The van der Waals surface area contributed by atoms with Crippen molar-refractivity contribution in [1.29, 1.82) is 0 Å². The van der Waals surface area contributed by atoms with Gasteiger partial charge in [0, 0.05) is 33.7 Å². The van der Waals surface area contributed by atoms with Gasteiger partial charge in [0.1, 0.15) is 0 Å². The van der Waals surface area contributed by atoms with E-state index in [4.69, 9.17) is 0 Å². The molecule has 2 nitrogen and oxygen atoms in total. The van der Waals surface area contributed by atoms with E-state index in [9.17, 15) is 0 Å². The molecule has 0 radical (unpaired) electrons. The molecule has 7 aromatic rings. The molecule has 0 saturated heterocycles. The van der Waals surface area contributed by atoms with Gasteiger partial charge in [-0.2, -0.15) is 0 Å². The molecule has 0 N–H and O–H groups in total. The minimum Gasteiger partial charge on any atom is -0.315 e. The van der Waals surface area contributed by atoms with Crippen LogP contribution in [-0.4, -0.2) is 9.13 Å². The Morgan fingerprint density at radius 1 is 0.441 bits per heavy atom. The first kappa shape index (κ1) is 19.0. The lowest BCUT2D eigenvalue weighted by molar-refractivity contribution is 1.12. The molecule has 0 unspecified atom stereocenters. The van der Waals surface area contributed by atoms with Crippen molar-refractivity contribution < 1.29 is 0 Å². The number of benzene rings is 5. The van der Waals surface area contributed by atoms with Gasteiger partial charge in [0.15, 0.2) is 0 Å². The van der Waals surface area contributed by atoms with E-state index in [1.54, 1.807) is 0 Å². The summed E-state index contributed by atoms with van der Waals surface area (Å²) in [5.74, 6) is 0. The van der Waals surface area contributed by atoms with E-state index < -0.39 is 0 Å². The highest BCUT2D eigenvalue weighted by Crippen LogP contribution is 2.38. The third-order valence-corrected chi connectivity index (χ3v) is 6.73. The molecule has 34 heavy (non-hydrogen) atoms. The summed E-state index contributed by atoms with van der Waals surface area (Å²) in [6.07, 6.45) is 2.20. The lowest BCUT2D eigenvalue weighted by Gasteiger charge is -2.12. The van der Waals surface area contributed by atoms with E-state index in [2.05, 4.69) is 143 Å². The molecule has 7 rings (SSSR count). The van der Waals surface area contributed by atoms with Crippen LogP contribution in [0.4, 0.5) is 0 Å². The fraction of sp³-hybridized carbons (Fsp3) is 0. The smallest absolute Gasteiger partial charge is 0.0788 e. The average molecular weight is 435 g/mol. The Kier molecular flexibility index (Phi) is 4.18. The van der Waals surface area contributed by atoms with Crippen molar-refractivity contribution in [3.8, 4) is 22.5 Å². The quantitative estimate of drug-likeness (QED) is 0.264. The predicted molar refractivity (Wildman–Crippen MR) is 143 cm³/mol. The maximum Gasteiger partial charge on any atom is 0.0788 e. The molecule has 0 aliphatic heterocycles. The van der Waals surface area contributed by atoms with Gasteiger partial charge in [0.2, 0.25) is 0 Å². The number of hydrogen-bond donors (Lipinski definition) is 0. The Bertz CT molecular complexity index is 1790. The van der Waals surface area contributed by atoms with Crippen LogP contribution in [0, 0.1) is 0 Å². The van der Waals surface area contributed by atoms with Gasteiger partial charge in [-0.15, -0.1) is 0 Å². The van der Waals surface area contributed by atoms with Crippen molar-refractivity contribution in [1.82, 2.24) is 9.13 Å². The van der Waals surface area contributed by atoms with Crippen molar-refractivity contribution >= 4 is 32.7 Å². The van der Waals surface area contributed by atoms with Crippen molar-refractivity contribution in [2.75, 3.05) is 0 Å². The van der Waals surface area contributed by atoms with E-state index in [-0.39, 0.29) is 0 Å². The van der Waals surface area contributed by atoms with Gasteiger partial charge in [-0.05, 0) is 47.5 Å². The summed E-state index contributed by atoms with van der Waals surface area (Å²) in [6.45, 7) is 0. The summed E-state index contributed by atoms with van der Waals surface area (Å²) in [5, 5.41) is 3.78. The molecule has 2 heteroatoms. The van der Waals surface area contributed by atoms with E-state index in [0.717, 1.165) is 5.69 Å². The Morgan fingerprint density at radius 2 is 1.15 bits per heavy atom. The molecule has 0 atom stereocenters.